The molecule has 148 valence electrons. The number of thiazole rings is 1. The van der Waals surface area contributed by atoms with Crippen molar-refractivity contribution in [3.05, 3.63) is 52.8 Å². The van der Waals surface area contributed by atoms with E-state index in [9.17, 15) is 4.79 Å². The summed E-state index contributed by atoms with van der Waals surface area (Å²) >= 11 is 5.08. The van der Waals surface area contributed by atoms with E-state index in [0.717, 1.165) is 38.0 Å². The van der Waals surface area contributed by atoms with Crippen LogP contribution in [-0.4, -0.2) is 34.8 Å². The van der Waals surface area contributed by atoms with E-state index in [2.05, 4.69) is 29.7 Å². The van der Waals surface area contributed by atoms with Crippen molar-refractivity contribution in [3.8, 4) is 5.75 Å². The number of fused-ring (bicyclic) bond motifs is 1. The average molecular weight is 433 g/mol. The Hall–Kier alpha value is -1.70. The van der Waals surface area contributed by atoms with E-state index in [1.165, 1.54) is 11.3 Å². The first kappa shape index (κ1) is 21.0. The Morgan fingerprint density at radius 1 is 1.21 bits per heavy atom. The number of aromatic nitrogens is 1. The lowest BCUT2D eigenvalue weighted by atomic mass is 10.2. The minimum atomic E-state index is -0.211. The third kappa shape index (κ3) is 5.01. The number of carbonyl (C=O) groups is 1. The summed E-state index contributed by atoms with van der Waals surface area (Å²) in [7, 11) is 1.66. The van der Waals surface area contributed by atoms with Crippen LogP contribution >= 0.6 is 34.9 Å². The van der Waals surface area contributed by atoms with E-state index in [-0.39, 0.29) is 5.91 Å². The molecule has 0 saturated heterocycles. The normalized spacial score (nSPS) is 12.1. The number of amides is 1. The Balaban J connectivity index is 1.98. The van der Waals surface area contributed by atoms with Gasteiger partial charge >= 0.3 is 0 Å². The number of aryl methyl sites for hydroxylation is 1. The number of hydrogen-bond acceptors (Lipinski definition) is 5. The molecule has 0 N–H and O–H groups in total. The summed E-state index contributed by atoms with van der Waals surface area (Å²) in [4.78, 5) is 19.1. The van der Waals surface area contributed by atoms with E-state index in [4.69, 9.17) is 4.74 Å². The van der Waals surface area contributed by atoms with Gasteiger partial charge in [0.2, 0.25) is 0 Å². The zero-order chi connectivity index (χ0) is 20.1. The maximum Gasteiger partial charge on any atom is 0.279 e. The molecule has 1 aromatic heterocycles. The second-order valence-corrected chi connectivity index (χ2v) is 10.1. The molecule has 0 bridgehead atoms. The second-order valence-electron chi connectivity index (χ2n) is 6.47. The van der Waals surface area contributed by atoms with Gasteiger partial charge in [0.25, 0.3) is 5.91 Å². The third-order valence-corrected chi connectivity index (χ3v) is 6.73. The highest BCUT2D eigenvalue weighted by Gasteiger charge is 2.10. The number of thioether (sulfide) groups is 2. The predicted octanol–water partition coefficient (Wildman–Crippen LogP) is 5.32. The molecule has 0 aliphatic carbocycles. The fraction of sp³-hybridized carbons (Fsp3) is 0.333. The fourth-order valence-electron chi connectivity index (χ4n) is 2.76. The predicted molar refractivity (Wildman–Crippen MR) is 122 cm³/mol. The Labute approximate surface area is 178 Å². The molecule has 2 aromatic carbocycles. The number of carbonyl (C=O) groups excluding carboxylic acids is 1. The lowest BCUT2D eigenvalue weighted by molar-refractivity contribution is 0.0998. The first-order valence-corrected chi connectivity index (χ1v) is 12.1. The number of hydrogen-bond donors (Lipinski definition) is 0. The van der Waals surface area contributed by atoms with E-state index < -0.39 is 0 Å². The van der Waals surface area contributed by atoms with Gasteiger partial charge in [-0.05, 0) is 48.7 Å². The largest absolute Gasteiger partial charge is 0.497 e. The van der Waals surface area contributed by atoms with E-state index in [1.54, 1.807) is 30.6 Å². The van der Waals surface area contributed by atoms with Gasteiger partial charge in [-0.2, -0.15) is 16.8 Å². The van der Waals surface area contributed by atoms with Crippen LogP contribution in [0.25, 0.3) is 10.2 Å². The zero-order valence-corrected chi connectivity index (χ0v) is 18.9. The molecule has 0 aliphatic rings. The van der Waals surface area contributed by atoms with Crippen LogP contribution < -0.4 is 9.54 Å². The van der Waals surface area contributed by atoms with Gasteiger partial charge < -0.3 is 9.30 Å². The molecule has 7 heteroatoms. The molecule has 0 spiro atoms. The van der Waals surface area contributed by atoms with Gasteiger partial charge in [-0.1, -0.05) is 25.2 Å². The Kier molecular flexibility index (Phi) is 7.26. The SMILES string of the molecule is COc1ccc2c(c1)sc(=NC(=O)c1ccc(SC(C)C)cc1)n2CCSC. The molecule has 0 radical (unpaired) electrons. The maximum atomic E-state index is 12.8. The van der Waals surface area contributed by atoms with Gasteiger partial charge in [-0.15, -0.1) is 11.8 Å². The third-order valence-electron chi connectivity index (χ3n) is 4.08. The zero-order valence-electron chi connectivity index (χ0n) is 16.5. The van der Waals surface area contributed by atoms with Crippen LogP contribution in [0.3, 0.4) is 0 Å². The summed E-state index contributed by atoms with van der Waals surface area (Å²) < 4.78 is 8.52. The van der Waals surface area contributed by atoms with Crippen molar-refractivity contribution < 1.29 is 9.53 Å². The van der Waals surface area contributed by atoms with Gasteiger partial charge in [0.15, 0.2) is 4.80 Å². The Morgan fingerprint density at radius 2 is 1.96 bits per heavy atom. The lowest BCUT2D eigenvalue weighted by Crippen LogP contribution is -2.18. The minimum absolute atomic E-state index is 0.211. The Morgan fingerprint density at radius 3 is 2.61 bits per heavy atom. The smallest absolute Gasteiger partial charge is 0.279 e. The number of benzene rings is 2. The molecule has 3 aromatic rings. The minimum Gasteiger partial charge on any atom is -0.497 e. The number of methoxy groups -OCH3 is 1. The van der Waals surface area contributed by atoms with Crippen LogP contribution in [0.15, 0.2) is 52.4 Å². The van der Waals surface area contributed by atoms with Crippen molar-refractivity contribution in [2.24, 2.45) is 4.99 Å². The summed E-state index contributed by atoms with van der Waals surface area (Å²) in [5, 5.41) is 0.511. The number of ether oxygens (including phenoxy) is 1. The van der Waals surface area contributed by atoms with Crippen LogP contribution in [0.1, 0.15) is 24.2 Å². The fourth-order valence-corrected chi connectivity index (χ4v) is 5.05. The first-order chi connectivity index (χ1) is 13.5. The van der Waals surface area contributed by atoms with Crippen molar-refractivity contribution >= 4 is 51.0 Å². The van der Waals surface area contributed by atoms with Crippen molar-refractivity contribution in [1.82, 2.24) is 4.57 Å². The molecule has 1 heterocycles. The molecule has 0 fully saturated rings. The highest BCUT2D eigenvalue weighted by molar-refractivity contribution is 7.99. The summed E-state index contributed by atoms with van der Waals surface area (Å²) in [6.07, 6.45) is 2.08. The quantitative estimate of drug-likeness (QED) is 0.474. The molecule has 4 nitrogen and oxygen atoms in total. The van der Waals surface area contributed by atoms with E-state index in [0.29, 0.717) is 10.8 Å². The Bertz CT molecular complexity index is 1020. The molecular weight excluding hydrogens is 408 g/mol. The summed E-state index contributed by atoms with van der Waals surface area (Å²) in [5.41, 5.74) is 1.69. The molecule has 1 amide bonds. The van der Waals surface area contributed by atoms with Crippen LogP contribution in [-0.2, 0) is 6.54 Å². The van der Waals surface area contributed by atoms with E-state index >= 15 is 0 Å². The maximum absolute atomic E-state index is 12.8. The number of nitrogens with zero attached hydrogens (tertiary/aromatic N) is 2. The topological polar surface area (TPSA) is 43.6 Å². The van der Waals surface area contributed by atoms with Gasteiger partial charge in [0, 0.05) is 28.0 Å². The van der Waals surface area contributed by atoms with Crippen LogP contribution in [0, 0.1) is 0 Å². The molecule has 0 saturated carbocycles. The molecule has 28 heavy (non-hydrogen) atoms. The molecule has 3 rings (SSSR count). The van der Waals surface area contributed by atoms with Crippen LogP contribution in [0.2, 0.25) is 0 Å². The van der Waals surface area contributed by atoms with Crippen LogP contribution in [0.5, 0.6) is 5.75 Å². The first-order valence-electron chi connectivity index (χ1n) is 9.04. The molecule has 0 atom stereocenters. The summed E-state index contributed by atoms with van der Waals surface area (Å²) in [5.74, 6) is 1.56. The van der Waals surface area contributed by atoms with Crippen LogP contribution in [0.4, 0.5) is 0 Å². The van der Waals surface area contributed by atoms with Gasteiger partial charge in [-0.25, -0.2) is 0 Å². The molecular formula is C21H24N2O2S3. The van der Waals surface area contributed by atoms with Gasteiger partial charge in [0.05, 0.1) is 17.3 Å². The molecule has 0 aliphatic heterocycles. The van der Waals surface area contributed by atoms with Crippen molar-refractivity contribution in [2.45, 2.75) is 30.5 Å². The highest BCUT2D eigenvalue weighted by atomic mass is 32.2. The monoisotopic (exact) mass is 432 g/mol. The second kappa shape index (κ2) is 9.67. The van der Waals surface area contributed by atoms with Gasteiger partial charge in [-0.3, -0.25) is 4.79 Å². The average Bonchev–Trinajstić information content (AvgIpc) is 3.02. The standard InChI is InChI=1S/C21H24N2O2S3/c1-14(2)27-17-8-5-15(6-9-17)20(24)22-21-23(11-12-26-4)18-10-7-16(25-3)13-19(18)28-21/h5-10,13-14H,11-12H2,1-4H3. The molecule has 0 unspecified atom stereocenters. The van der Waals surface area contributed by atoms with Gasteiger partial charge in [0.1, 0.15) is 5.75 Å². The van der Waals surface area contributed by atoms with Crippen molar-refractivity contribution in [2.75, 3.05) is 19.1 Å². The summed E-state index contributed by atoms with van der Waals surface area (Å²) in [6, 6.07) is 13.7. The number of rotatable bonds is 7. The van der Waals surface area contributed by atoms with Crippen molar-refractivity contribution in [1.29, 1.82) is 0 Å². The lowest BCUT2D eigenvalue weighted by Gasteiger charge is -2.05. The summed E-state index contributed by atoms with van der Waals surface area (Å²) in [6.45, 7) is 5.12. The highest BCUT2D eigenvalue weighted by Crippen LogP contribution is 2.24. The van der Waals surface area contributed by atoms with E-state index in [1.807, 2.05) is 42.5 Å². The van der Waals surface area contributed by atoms with Crippen molar-refractivity contribution in [3.63, 3.8) is 0 Å².